The van der Waals surface area contributed by atoms with E-state index in [1.54, 1.807) is 20.3 Å². The lowest BCUT2D eigenvalue weighted by molar-refractivity contribution is -0.127. The standard InChI is InChI=1S/C24H27N3O3/c1-29-22-9-7-18(15-23(22)30-2)8-10-24(28)26-13-11-19(12-14-26)16-27-17-25-20-5-3-4-6-21(20)27/h3-10,15,17,19H,11-14,16H2,1-2H3/b10-8+. The number of carbonyl (C=O) groups excluding carboxylic acids is 1. The zero-order valence-corrected chi connectivity index (χ0v) is 17.5. The number of carbonyl (C=O) groups is 1. The van der Waals surface area contributed by atoms with Crippen molar-refractivity contribution < 1.29 is 14.3 Å². The van der Waals surface area contributed by atoms with E-state index in [4.69, 9.17) is 9.47 Å². The van der Waals surface area contributed by atoms with E-state index in [1.807, 2.05) is 53.7 Å². The molecule has 1 saturated heterocycles. The Morgan fingerprint density at radius 2 is 1.87 bits per heavy atom. The summed E-state index contributed by atoms with van der Waals surface area (Å²) >= 11 is 0. The summed E-state index contributed by atoms with van der Waals surface area (Å²) in [6.45, 7) is 2.52. The highest BCUT2D eigenvalue weighted by Gasteiger charge is 2.22. The van der Waals surface area contributed by atoms with Crippen LogP contribution in [-0.2, 0) is 11.3 Å². The van der Waals surface area contributed by atoms with Gasteiger partial charge in [0.05, 0.1) is 31.6 Å². The van der Waals surface area contributed by atoms with Crippen LogP contribution >= 0.6 is 0 Å². The molecule has 0 unspecified atom stereocenters. The van der Waals surface area contributed by atoms with E-state index in [-0.39, 0.29) is 5.91 Å². The van der Waals surface area contributed by atoms with E-state index < -0.39 is 0 Å². The predicted molar refractivity (Wildman–Crippen MR) is 118 cm³/mol. The zero-order chi connectivity index (χ0) is 20.9. The van der Waals surface area contributed by atoms with Gasteiger partial charge in [-0.3, -0.25) is 4.79 Å². The van der Waals surface area contributed by atoms with Crippen LogP contribution in [0.4, 0.5) is 0 Å². The Morgan fingerprint density at radius 3 is 2.63 bits per heavy atom. The summed E-state index contributed by atoms with van der Waals surface area (Å²) in [5.41, 5.74) is 3.11. The number of fused-ring (bicyclic) bond motifs is 1. The molecular weight excluding hydrogens is 378 g/mol. The van der Waals surface area contributed by atoms with Crippen molar-refractivity contribution in [1.82, 2.24) is 14.5 Å². The predicted octanol–water partition coefficient (Wildman–Crippen LogP) is 4.01. The lowest BCUT2D eigenvalue weighted by Crippen LogP contribution is -2.38. The van der Waals surface area contributed by atoms with Crippen LogP contribution < -0.4 is 9.47 Å². The van der Waals surface area contributed by atoms with Gasteiger partial charge in [-0.05, 0) is 54.7 Å². The largest absolute Gasteiger partial charge is 0.493 e. The fourth-order valence-electron chi connectivity index (χ4n) is 4.00. The highest BCUT2D eigenvalue weighted by molar-refractivity contribution is 5.92. The molecule has 0 bridgehead atoms. The number of rotatable bonds is 6. The maximum Gasteiger partial charge on any atom is 0.246 e. The lowest BCUT2D eigenvalue weighted by Gasteiger charge is -2.31. The van der Waals surface area contributed by atoms with Gasteiger partial charge in [0.15, 0.2) is 11.5 Å². The van der Waals surface area contributed by atoms with Crippen molar-refractivity contribution in [2.75, 3.05) is 27.3 Å². The third-order valence-electron chi connectivity index (χ3n) is 5.73. The van der Waals surface area contributed by atoms with Gasteiger partial charge in [0.2, 0.25) is 5.91 Å². The molecule has 1 aliphatic heterocycles. The smallest absolute Gasteiger partial charge is 0.246 e. The van der Waals surface area contributed by atoms with Crippen LogP contribution in [0.1, 0.15) is 18.4 Å². The molecule has 2 aromatic carbocycles. The molecule has 1 aliphatic rings. The number of hydrogen-bond donors (Lipinski definition) is 0. The van der Waals surface area contributed by atoms with Crippen LogP contribution in [0.25, 0.3) is 17.1 Å². The SMILES string of the molecule is COc1ccc(/C=C/C(=O)N2CCC(Cn3cnc4ccccc43)CC2)cc1OC. The first-order valence-electron chi connectivity index (χ1n) is 10.3. The number of hydrogen-bond acceptors (Lipinski definition) is 4. The van der Waals surface area contributed by atoms with Gasteiger partial charge in [-0.15, -0.1) is 0 Å². The second-order valence-corrected chi connectivity index (χ2v) is 7.60. The number of piperidine rings is 1. The Kier molecular flexibility index (Phi) is 6.02. The molecule has 30 heavy (non-hydrogen) atoms. The molecule has 0 spiro atoms. The lowest BCUT2D eigenvalue weighted by atomic mass is 9.96. The average molecular weight is 405 g/mol. The highest BCUT2D eigenvalue weighted by atomic mass is 16.5. The first-order valence-corrected chi connectivity index (χ1v) is 10.3. The first-order chi connectivity index (χ1) is 14.7. The molecular formula is C24H27N3O3. The van der Waals surface area contributed by atoms with Gasteiger partial charge in [0, 0.05) is 25.7 Å². The normalized spacial score (nSPS) is 15.1. The Balaban J connectivity index is 1.32. The van der Waals surface area contributed by atoms with Crippen LogP contribution in [-0.4, -0.2) is 47.7 Å². The minimum Gasteiger partial charge on any atom is -0.493 e. The van der Waals surface area contributed by atoms with Crippen LogP contribution in [0.2, 0.25) is 0 Å². The monoisotopic (exact) mass is 405 g/mol. The Morgan fingerprint density at radius 1 is 1.10 bits per heavy atom. The summed E-state index contributed by atoms with van der Waals surface area (Å²) in [5.74, 6) is 1.94. The van der Waals surface area contributed by atoms with Crippen molar-refractivity contribution in [2.24, 2.45) is 5.92 Å². The molecule has 0 saturated carbocycles. The molecule has 6 nitrogen and oxygen atoms in total. The van der Waals surface area contributed by atoms with Gasteiger partial charge < -0.3 is 18.9 Å². The minimum absolute atomic E-state index is 0.0521. The molecule has 0 N–H and O–H groups in total. The first kappa shape index (κ1) is 20.0. The molecule has 0 radical (unpaired) electrons. The van der Waals surface area contributed by atoms with Gasteiger partial charge in [0.1, 0.15) is 0 Å². The van der Waals surface area contributed by atoms with Crippen LogP contribution in [0.15, 0.2) is 54.9 Å². The van der Waals surface area contributed by atoms with Gasteiger partial charge >= 0.3 is 0 Å². The number of likely N-dealkylation sites (tertiary alicyclic amines) is 1. The van der Waals surface area contributed by atoms with E-state index >= 15 is 0 Å². The second-order valence-electron chi connectivity index (χ2n) is 7.60. The molecule has 1 aromatic heterocycles. The summed E-state index contributed by atoms with van der Waals surface area (Å²) in [4.78, 5) is 19.0. The molecule has 156 valence electrons. The molecule has 0 atom stereocenters. The van der Waals surface area contributed by atoms with E-state index in [2.05, 4.69) is 15.6 Å². The van der Waals surface area contributed by atoms with Crippen molar-refractivity contribution in [2.45, 2.75) is 19.4 Å². The van der Waals surface area contributed by atoms with Crippen molar-refractivity contribution in [1.29, 1.82) is 0 Å². The van der Waals surface area contributed by atoms with E-state index in [1.165, 1.54) is 5.52 Å². The topological polar surface area (TPSA) is 56.6 Å². The molecule has 1 amide bonds. The third-order valence-corrected chi connectivity index (χ3v) is 5.73. The molecule has 2 heterocycles. The van der Waals surface area contributed by atoms with Gasteiger partial charge in [-0.1, -0.05) is 18.2 Å². The average Bonchev–Trinajstić information content (AvgIpc) is 3.20. The number of aromatic nitrogens is 2. The number of benzene rings is 2. The Bertz CT molecular complexity index is 1050. The number of nitrogens with zero attached hydrogens (tertiary/aromatic N) is 3. The highest BCUT2D eigenvalue weighted by Crippen LogP contribution is 2.28. The summed E-state index contributed by atoms with van der Waals surface area (Å²) in [6, 6.07) is 13.8. The Labute approximate surface area is 176 Å². The molecule has 0 aliphatic carbocycles. The number of amides is 1. The number of para-hydroxylation sites is 2. The third kappa shape index (κ3) is 4.32. The summed E-state index contributed by atoms with van der Waals surface area (Å²) in [5, 5.41) is 0. The van der Waals surface area contributed by atoms with E-state index in [0.29, 0.717) is 17.4 Å². The molecule has 3 aromatic rings. The summed E-state index contributed by atoms with van der Waals surface area (Å²) < 4.78 is 12.8. The Hall–Kier alpha value is -3.28. The van der Waals surface area contributed by atoms with Crippen LogP contribution in [0.5, 0.6) is 11.5 Å². The number of methoxy groups -OCH3 is 2. The quantitative estimate of drug-likeness (QED) is 0.582. The minimum atomic E-state index is 0.0521. The van der Waals surface area contributed by atoms with Crippen molar-refractivity contribution >= 4 is 23.0 Å². The fraction of sp³-hybridized carbons (Fsp3) is 0.333. The summed E-state index contributed by atoms with van der Waals surface area (Å²) in [6.07, 6.45) is 7.40. The number of imidazole rings is 1. The molecule has 6 heteroatoms. The summed E-state index contributed by atoms with van der Waals surface area (Å²) in [7, 11) is 3.21. The molecule has 1 fully saturated rings. The molecule has 4 rings (SSSR count). The number of ether oxygens (including phenoxy) is 2. The van der Waals surface area contributed by atoms with Gasteiger partial charge in [-0.25, -0.2) is 4.98 Å². The van der Waals surface area contributed by atoms with Crippen LogP contribution in [0, 0.1) is 5.92 Å². The van der Waals surface area contributed by atoms with E-state index in [9.17, 15) is 4.79 Å². The van der Waals surface area contributed by atoms with Crippen molar-refractivity contribution in [3.8, 4) is 11.5 Å². The maximum atomic E-state index is 12.6. The maximum absolute atomic E-state index is 12.6. The zero-order valence-electron chi connectivity index (χ0n) is 17.5. The van der Waals surface area contributed by atoms with E-state index in [0.717, 1.165) is 43.6 Å². The van der Waals surface area contributed by atoms with Gasteiger partial charge in [-0.2, -0.15) is 0 Å². The second kappa shape index (κ2) is 9.03. The van der Waals surface area contributed by atoms with Crippen LogP contribution in [0.3, 0.4) is 0 Å². The fourth-order valence-corrected chi connectivity index (χ4v) is 4.00. The van der Waals surface area contributed by atoms with Gasteiger partial charge in [0.25, 0.3) is 0 Å². The van der Waals surface area contributed by atoms with Crippen molar-refractivity contribution in [3.63, 3.8) is 0 Å². The van der Waals surface area contributed by atoms with Crippen molar-refractivity contribution in [3.05, 3.63) is 60.4 Å².